The van der Waals surface area contributed by atoms with Crippen LogP contribution in [0.2, 0.25) is 0 Å². The molecular weight excluding hydrogens is 280 g/mol. The smallest absolute Gasteiger partial charge is 0.218 e. The van der Waals surface area contributed by atoms with Crippen molar-refractivity contribution in [2.75, 3.05) is 20.8 Å². The Morgan fingerprint density at radius 1 is 1.32 bits per heavy atom. The van der Waals surface area contributed by atoms with Crippen molar-refractivity contribution in [3.8, 4) is 11.5 Å². The molecule has 0 bridgehead atoms. The number of amides is 1. The molecule has 5 nitrogen and oxygen atoms in total. The van der Waals surface area contributed by atoms with Crippen LogP contribution >= 0.6 is 0 Å². The third-order valence-corrected chi connectivity index (χ3v) is 4.50. The first-order chi connectivity index (χ1) is 10.6. The first-order valence-corrected chi connectivity index (χ1v) is 7.82. The van der Waals surface area contributed by atoms with Crippen molar-refractivity contribution < 1.29 is 14.3 Å². The van der Waals surface area contributed by atoms with Gasteiger partial charge in [0.05, 0.1) is 14.2 Å². The van der Waals surface area contributed by atoms with Gasteiger partial charge in [0.1, 0.15) is 0 Å². The monoisotopic (exact) mass is 306 g/mol. The molecule has 1 heterocycles. The van der Waals surface area contributed by atoms with Gasteiger partial charge >= 0.3 is 0 Å². The van der Waals surface area contributed by atoms with Crippen LogP contribution in [0.5, 0.6) is 11.5 Å². The summed E-state index contributed by atoms with van der Waals surface area (Å²) in [6.07, 6.45) is 3.78. The van der Waals surface area contributed by atoms with Crippen molar-refractivity contribution in [3.05, 3.63) is 23.8 Å². The second-order valence-electron chi connectivity index (χ2n) is 5.85. The molecule has 1 aromatic rings. The SMILES string of the molecule is COc1ccc(C(C)N2CCCCC2CC(N)=O)cc1OC. The van der Waals surface area contributed by atoms with Gasteiger partial charge in [-0.3, -0.25) is 9.69 Å². The number of carbonyl (C=O) groups excluding carboxylic acids is 1. The van der Waals surface area contributed by atoms with Gasteiger partial charge in [0.2, 0.25) is 5.91 Å². The Bertz CT molecular complexity index is 519. The molecule has 2 N–H and O–H groups in total. The van der Waals surface area contributed by atoms with Gasteiger partial charge in [-0.1, -0.05) is 12.5 Å². The molecule has 122 valence electrons. The molecular formula is C17H26N2O3. The van der Waals surface area contributed by atoms with Crippen molar-refractivity contribution in [1.82, 2.24) is 4.90 Å². The highest BCUT2D eigenvalue weighted by Crippen LogP contribution is 2.34. The average molecular weight is 306 g/mol. The summed E-state index contributed by atoms with van der Waals surface area (Å²) < 4.78 is 10.7. The first kappa shape index (κ1) is 16.6. The Morgan fingerprint density at radius 3 is 2.68 bits per heavy atom. The van der Waals surface area contributed by atoms with Crippen LogP contribution in [0, 0.1) is 0 Å². The summed E-state index contributed by atoms with van der Waals surface area (Å²) >= 11 is 0. The Labute approximate surface area is 132 Å². The fourth-order valence-electron chi connectivity index (χ4n) is 3.29. The Balaban J connectivity index is 2.21. The van der Waals surface area contributed by atoms with E-state index in [0.717, 1.165) is 42.9 Å². The fourth-order valence-corrected chi connectivity index (χ4v) is 3.29. The third kappa shape index (κ3) is 3.71. The highest BCUT2D eigenvalue weighted by molar-refractivity contribution is 5.74. The lowest BCUT2D eigenvalue weighted by Crippen LogP contribution is -2.43. The molecule has 1 fully saturated rings. The number of nitrogens with two attached hydrogens (primary N) is 1. The van der Waals surface area contributed by atoms with E-state index in [0.29, 0.717) is 6.42 Å². The van der Waals surface area contributed by atoms with E-state index < -0.39 is 0 Å². The van der Waals surface area contributed by atoms with E-state index in [4.69, 9.17) is 15.2 Å². The number of ether oxygens (including phenoxy) is 2. The quantitative estimate of drug-likeness (QED) is 0.877. The maximum absolute atomic E-state index is 11.3. The molecule has 0 saturated carbocycles. The lowest BCUT2D eigenvalue weighted by molar-refractivity contribution is -0.119. The molecule has 2 atom stereocenters. The minimum atomic E-state index is -0.226. The van der Waals surface area contributed by atoms with E-state index in [9.17, 15) is 4.79 Å². The minimum Gasteiger partial charge on any atom is -0.493 e. The number of likely N-dealkylation sites (tertiary alicyclic amines) is 1. The van der Waals surface area contributed by atoms with Gasteiger partial charge in [0.15, 0.2) is 11.5 Å². The molecule has 1 aliphatic rings. The third-order valence-electron chi connectivity index (χ3n) is 4.50. The van der Waals surface area contributed by atoms with Crippen LogP contribution in [-0.2, 0) is 4.79 Å². The molecule has 2 unspecified atom stereocenters. The molecule has 1 amide bonds. The van der Waals surface area contributed by atoms with E-state index in [1.165, 1.54) is 0 Å². The summed E-state index contributed by atoms with van der Waals surface area (Å²) in [5.74, 6) is 1.23. The highest BCUT2D eigenvalue weighted by Gasteiger charge is 2.28. The summed E-state index contributed by atoms with van der Waals surface area (Å²) in [6.45, 7) is 3.16. The number of rotatable bonds is 6. The Hall–Kier alpha value is -1.75. The number of hydrogen-bond donors (Lipinski definition) is 1. The number of hydrogen-bond acceptors (Lipinski definition) is 4. The second-order valence-corrected chi connectivity index (χ2v) is 5.85. The van der Waals surface area contributed by atoms with Gasteiger partial charge in [-0.05, 0) is 44.0 Å². The van der Waals surface area contributed by atoms with Crippen LogP contribution in [0.4, 0.5) is 0 Å². The van der Waals surface area contributed by atoms with Gasteiger partial charge in [0, 0.05) is 18.5 Å². The summed E-state index contributed by atoms with van der Waals surface area (Å²) in [5, 5.41) is 0. The first-order valence-electron chi connectivity index (χ1n) is 7.82. The molecule has 5 heteroatoms. The van der Waals surface area contributed by atoms with Crippen LogP contribution in [0.25, 0.3) is 0 Å². The predicted octanol–water partition coefficient (Wildman–Crippen LogP) is 2.49. The van der Waals surface area contributed by atoms with E-state index >= 15 is 0 Å². The normalized spacial score (nSPS) is 20.4. The second kappa shape index (κ2) is 7.49. The summed E-state index contributed by atoms with van der Waals surface area (Å²) in [7, 11) is 3.28. The molecule has 0 spiro atoms. The molecule has 1 saturated heterocycles. The lowest BCUT2D eigenvalue weighted by atomic mass is 9.95. The summed E-state index contributed by atoms with van der Waals surface area (Å²) in [5.41, 5.74) is 6.57. The number of primary amides is 1. The average Bonchev–Trinajstić information content (AvgIpc) is 2.53. The predicted molar refractivity (Wildman–Crippen MR) is 86.1 cm³/mol. The van der Waals surface area contributed by atoms with E-state index in [-0.39, 0.29) is 18.0 Å². The topological polar surface area (TPSA) is 64.8 Å². The number of piperidine rings is 1. The largest absolute Gasteiger partial charge is 0.493 e. The molecule has 0 radical (unpaired) electrons. The summed E-state index contributed by atoms with van der Waals surface area (Å²) in [4.78, 5) is 13.7. The molecule has 22 heavy (non-hydrogen) atoms. The van der Waals surface area contributed by atoms with Crippen molar-refractivity contribution in [3.63, 3.8) is 0 Å². The zero-order valence-electron chi connectivity index (χ0n) is 13.7. The van der Waals surface area contributed by atoms with Gasteiger partial charge < -0.3 is 15.2 Å². The minimum absolute atomic E-state index is 0.212. The number of methoxy groups -OCH3 is 2. The van der Waals surface area contributed by atoms with Crippen molar-refractivity contribution in [1.29, 1.82) is 0 Å². The van der Waals surface area contributed by atoms with Crippen molar-refractivity contribution >= 4 is 5.91 Å². The number of nitrogens with zero attached hydrogens (tertiary/aromatic N) is 1. The zero-order valence-corrected chi connectivity index (χ0v) is 13.7. The van der Waals surface area contributed by atoms with Gasteiger partial charge in [-0.15, -0.1) is 0 Å². The maximum Gasteiger partial charge on any atom is 0.218 e. The Morgan fingerprint density at radius 2 is 2.05 bits per heavy atom. The van der Waals surface area contributed by atoms with Crippen LogP contribution in [0.1, 0.15) is 44.2 Å². The lowest BCUT2D eigenvalue weighted by Gasteiger charge is -2.39. The van der Waals surface area contributed by atoms with E-state index in [1.54, 1.807) is 14.2 Å². The van der Waals surface area contributed by atoms with Crippen LogP contribution < -0.4 is 15.2 Å². The summed E-state index contributed by atoms with van der Waals surface area (Å²) in [6, 6.07) is 6.44. The Kier molecular flexibility index (Phi) is 5.66. The van der Waals surface area contributed by atoms with Crippen LogP contribution in [0.3, 0.4) is 0 Å². The molecule has 0 aromatic heterocycles. The molecule has 1 aromatic carbocycles. The zero-order chi connectivity index (χ0) is 16.1. The molecule has 1 aliphatic heterocycles. The van der Waals surface area contributed by atoms with Gasteiger partial charge in [-0.2, -0.15) is 0 Å². The highest BCUT2D eigenvalue weighted by atomic mass is 16.5. The van der Waals surface area contributed by atoms with Crippen LogP contribution in [-0.4, -0.2) is 37.6 Å². The van der Waals surface area contributed by atoms with Gasteiger partial charge in [-0.25, -0.2) is 0 Å². The standard InChI is InChI=1S/C17H26N2O3/c1-12(13-7-8-15(21-2)16(10-13)22-3)19-9-5-4-6-14(19)11-17(18)20/h7-8,10,12,14H,4-6,9,11H2,1-3H3,(H2,18,20). The van der Waals surface area contributed by atoms with Crippen LogP contribution in [0.15, 0.2) is 18.2 Å². The van der Waals surface area contributed by atoms with Crippen molar-refractivity contribution in [2.45, 2.75) is 44.7 Å². The van der Waals surface area contributed by atoms with E-state index in [1.807, 2.05) is 12.1 Å². The van der Waals surface area contributed by atoms with E-state index in [2.05, 4.69) is 17.9 Å². The van der Waals surface area contributed by atoms with Crippen molar-refractivity contribution in [2.24, 2.45) is 5.73 Å². The maximum atomic E-state index is 11.3. The molecule has 0 aliphatic carbocycles. The van der Waals surface area contributed by atoms with Gasteiger partial charge in [0.25, 0.3) is 0 Å². The number of carbonyl (C=O) groups is 1. The molecule has 2 rings (SSSR count). The fraction of sp³-hybridized carbons (Fsp3) is 0.588. The number of benzene rings is 1.